The minimum absolute atomic E-state index is 0.644. The van der Waals surface area contributed by atoms with E-state index in [0.29, 0.717) is 17.1 Å². The van der Waals surface area contributed by atoms with E-state index in [2.05, 4.69) is 21.4 Å². The molecule has 1 unspecified atom stereocenters. The fourth-order valence-corrected chi connectivity index (χ4v) is 2.36. The van der Waals surface area contributed by atoms with E-state index >= 15 is 0 Å². The van der Waals surface area contributed by atoms with Crippen molar-refractivity contribution < 1.29 is 10.9 Å². The van der Waals surface area contributed by atoms with Crippen LogP contribution < -0.4 is 15.1 Å². The SMILES string of the molecule is [2H]C1(c2cc(Br)ccc2OC)NOc2ccccc21. The highest BCUT2D eigenvalue weighted by Crippen LogP contribution is 2.39. The van der Waals surface area contributed by atoms with E-state index in [-0.39, 0.29) is 0 Å². The quantitative estimate of drug-likeness (QED) is 0.922. The Morgan fingerprint density at radius 3 is 2.94 bits per heavy atom. The van der Waals surface area contributed by atoms with E-state index in [1.807, 2.05) is 42.5 Å². The fraction of sp³-hybridized carbons (Fsp3) is 0.143. The van der Waals surface area contributed by atoms with E-state index in [0.717, 1.165) is 10.0 Å². The average molecular weight is 307 g/mol. The van der Waals surface area contributed by atoms with Gasteiger partial charge in [0.15, 0.2) is 5.75 Å². The van der Waals surface area contributed by atoms with Gasteiger partial charge in [-0.3, -0.25) is 0 Å². The summed E-state index contributed by atoms with van der Waals surface area (Å²) < 4.78 is 15.0. The molecule has 1 aliphatic rings. The molecule has 0 saturated carbocycles. The first-order valence-corrected chi connectivity index (χ1v) is 6.32. The lowest BCUT2D eigenvalue weighted by Crippen LogP contribution is -2.18. The topological polar surface area (TPSA) is 30.5 Å². The van der Waals surface area contributed by atoms with Gasteiger partial charge in [0, 0.05) is 15.6 Å². The van der Waals surface area contributed by atoms with Gasteiger partial charge in [-0.1, -0.05) is 34.1 Å². The van der Waals surface area contributed by atoms with Gasteiger partial charge in [-0.15, -0.1) is 5.48 Å². The highest BCUT2D eigenvalue weighted by atomic mass is 79.9. The van der Waals surface area contributed by atoms with Crippen LogP contribution in [-0.2, 0) is 0 Å². The molecule has 0 fully saturated rings. The molecule has 0 bridgehead atoms. The molecule has 0 spiro atoms. The van der Waals surface area contributed by atoms with E-state index < -0.39 is 6.02 Å². The van der Waals surface area contributed by atoms with Crippen molar-refractivity contribution in [1.82, 2.24) is 5.48 Å². The molecule has 0 aromatic heterocycles. The smallest absolute Gasteiger partial charge is 0.152 e. The van der Waals surface area contributed by atoms with Gasteiger partial charge in [0.1, 0.15) is 11.8 Å². The van der Waals surface area contributed by atoms with Crippen molar-refractivity contribution in [3.8, 4) is 11.5 Å². The van der Waals surface area contributed by atoms with Crippen molar-refractivity contribution in [2.24, 2.45) is 0 Å². The van der Waals surface area contributed by atoms with Crippen LogP contribution in [0.3, 0.4) is 0 Å². The highest BCUT2D eigenvalue weighted by Gasteiger charge is 2.27. The average Bonchev–Trinajstić information content (AvgIpc) is 2.78. The second-order valence-corrected chi connectivity index (χ2v) is 4.84. The zero-order valence-electron chi connectivity index (χ0n) is 10.7. The molecule has 1 N–H and O–H groups in total. The Morgan fingerprint density at radius 2 is 2.11 bits per heavy atom. The van der Waals surface area contributed by atoms with Crippen molar-refractivity contribution >= 4 is 15.9 Å². The molecule has 3 rings (SSSR count). The zero-order valence-corrected chi connectivity index (χ0v) is 11.3. The molecule has 0 amide bonds. The fourth-order valence-electron chi connectivity index (χ4n) is 2.00. The number of methoxy groups -OCH3 is 1. The molecule has 0 radical (unpaired) electrons. The molecule has 1 heterocycles. The Labute approximate surface area is 115 Å². The predicted octanol–water partition coefficient (Wildman–Crippen LogP) is 3.44. The molecule has 0 saturated heterocycles. The van der Waals surface area contributed by atoms with Crippen LogP contribution in [0.2, 0.25) is 0 Å². The molecule has 0 aliphatic carbocycles. The summed E-state index contributed by atoms with van der Waals surface area (Å²) in [6.45, 7) is 0. The van der Waals surface area contributed by atoms with Crippen LogP contribution in [0.5, 0.6) is 11.5 Å². The van der Waals surface area contributed by atoms with Gasteiger partial charge >= 0.3 is 0 Å². The van der Waals surface area contributed by atoms with Crippen LogP contribution in [0.4, 0.5) is 0 Å². The first-order chi connectivity index (χ1) is 9.15. The van der Waals surface area contributed by atoms with Gasteiger partial charge < -0.3 is 9.57 Å². The largest absolute Gasteiger partial charge is 0.496 e. The predicted molar refractivity (Wildman–Crippen MR) is 72.7 cm³/mol. The summed E-state index contributed by atoms with van der Waals surface area (Å²) in [7, 11) is 1.60. The van der Waals surface area contributed by atoms with Gasteiger partial charge in [0.25, 0.3) is 0 Å². The van der Waals surface area contributed by atoms with Crippen molar-refractivity contribution in [1.29, 1.82) is 0 Å². The van der Waals surface area contributed by atoms with Gasteiger partial charge in [0.05, 0.1) is 8.48 Å². The lowest BCUT2D eigenvalue weighted by Gasteiger charge is -2.14. The normalized spacial score (nSPS) is 22.0. The maximum atomic E-state index is 8.71. The number of para-hydroxylation sites is 1. The van der Waals surface area contributed by atoms with Crippen LogP contribution in [0, 0.1) is 0 Å². The Bertz CT molecular complexity index is 635. The van der Waals surface area contributed by atoms with Crippen LogP contribution in [-0.4, -0.2) is 7.11 Å². The van der Waals surface area contributed by atoms with Crippen molar-refractivity contribution in [2.45, 2.75) is 6.02 Å². The number of fused-ring (bicyclic) bond motifs is 1. The van der Waals surface area contributed by atoms with E-state index in [4.69, 9.17) is 10.9 Å². The van der Waals surface area contributed by atoms with Crippen molar-refractivity contribution in [2.75, 3.05) is 7.11 Å². The van der Waals surface area contributed by atoms with Crippen LogP contribution in [0.25, 0.3) is 0 Å². The molecular weight excluding hydrogens is 294 g/mol. The lowest BCUT2D eigenvalue weighted by atomic mass is 9.99. The summed E-state index contributed by atoms with van der Waals surface area (Å²) in [5.41, 5.74) is 4.26. The maximum absolute atomic E-state index is 8.71. The number of hydrogen-bond donors (Lipinski definition) is 1. The zero-order chi connectivity index (χ0) is 13.5. The molecule has 18 heavy (non-hydrogen) atoms. The van der Waals surface area contributed by atoms with E-state index in [1.54, 1.807) is 7.11 Å². The molecule has 2 aromatic rings. The number of hydrogen-bond acceptors (Lipinski definition) is 3. The van der Waals surface area contributed by atoms with Crippen LogP contribution >= 0.6 is 15.9 Å². The number of ether oxygens (including phenoxy) is 1. The lowest BCUT2D eigenvalue weighted by molar-refractivity contribution is 0.205. The van der Waals surface area contributed by atoms with E-state index in [1.165, 1.54) is 0 Å². The summed E-state index contributed by atoms with van der Waals surface area (Å²) in [4.78, 5) is 5.40. The molecule has 1 atom stereocenters. The Hall–Kier alpha value is -1.52. The summed E-state index contributed by atoms with van der Waals surface area (Å²) >= 11 is 3.43. The van der Waals surface area contributed by atoms with Gasteiger partial charge in [-0.05, 0) is 24.3 Å². The number of rotatable bonds is 2. The minimum atomic E-state index is -1.17. The summed E-state index contributed by atoms with van der Waals surface area (Å²) in [5.74, 6) is 1.31. The highest BCUT2D eigenvalue weighted by molar-refractivity contribution is 9.10. The second kappa shape index (κ2) is 4.63. The van der Waals surface area contributed by atoms with E-state index in [9.17, 15) is 0 Å². The van der Waals surface area contributed by atoms with Crippen LogP contribution in [0.1, 0.15) is 18.5 Å². The molecule has 92 valence electrons. The number of nitrogens with one attached hydrogen (secondary N) is 1. The Balaban J connectivity index is 2.20. The number of benzene rings is 2. The third-order valence-electron chi connectivity index (χ3n) is 2.85. The summed E-state index contributed by atoms with van der Waals surface area (Å²) in [6, 6.07) is 11.9. The van der Waals surface area contributed by atoms with Gasteiger partial charge in [-0.2, -0.15) is 0 Å². The maximum Gasteiger partial charge on any atom is 0.152 e. The Kier molecular flexibility index (Phi) is 2.68. The molecule has 2 aromatic carbocycles. The van der Waals surface area contributed by atoms with Gasteiger partial charge in [-0.25, -0.2) is 0 Å². The molecule has 3 nitrogen and oxygen atoms in total. The van der Waals surface area contributed by atoms with Crippen LogP contribution in [0.15, 0.2) is 46.9 Å². The first kappa shape index (κ1) is 10.4. The molecular formula is C14H12BrNO2. The third kappa shape index (κ3) is 1.87. The summed E-state index contributed by atoms with van der Waals surface area (Å²) in [6.07, 6.45) is 0. The summed E-state index contributed by atoms with van der Waals surface area (Å²) in [5, 5.41) is 0. The standard InChI is InChI=1S/C14H12BrNO2/c1-17-12-7-6-9(15)8-11(12)14-10-4-2-3-5-13(10)18-16-14/h2-8,14,16H,1H3/i14D. The second-order valence-electron chi connectivity index (χ2n) is 3.92. The number of hydroxylamine groups is 1. The monoisotopic (exact) mass is 306 g/mol. The van der Waals surface area contributed by atoms with Crippen molar-refractivity contribution in [3.05, 3.63) is 58.1 Å². The first-order valence-electron chi connectivity index (χ1n) is 6.02. The Morgan fingerprint density at radius 1 is 1.28 bits per heavy atom. The minimum Gasteiger partial charge on any atom is -0.496 e. The van der Waals surface area contributed by atoms with Crippen molar-refractivity contribution in [3.63, 3.8) is 0 Å². The third-order valence-corrected chi connectivity index (χ3v) is 3.34. The molecule has 4 heteroatoms. The molecule has 1 aliphatic heterocycles. The number of halogens is 1. The van der Waals surface area contributed by atoms with Gasteiger partial charge in [0.2, 0.25) is 0 Å².